The van der Waals surface area contributed by atoms with E-state index in [0.29, 0.717) is 19.8 Å². The summed E-state index contributed by atoms with van der Waals surface area (Å²) < 4.78 is 59.3. The molecular formula is C20H24N2O5S3. The van der Waals surface area contributed by atoms with Crippen LogP contribution in [0.3, 0.4) is 0 Å². The van der Waals surface area contributed by atoms with Gasteiger partial charge < -0.3 is 4.74 Å². The Morgan fingerprint density at radius 3 is 2.67 bits per heavy atom. The molecule has 7 nitrogen and oxygen atoms in total. The van der Waals surface area contributed by atoms with E-state index in [1.807, 2.05) is 6.07 Å². The first-order chi connectivity index (χ1) is 14.3. The highest BCUT2D eigenvalue weighted by atomic mass is 32.2. The minimum absolute atomic E-state index is 0.0111. The van der Waals surface area contributed by atoms with Crippen molar-refractivity contribution in [2.75, 3.05) is 19.8 Å². The molecule has 0 amide bonds. The molecule has 0 spiro atoms. The molecule has 0 bridgehead atoms. The Balaban J connectivity index is 1.86. The van der Waals surface area contributed by atoms with Crippen LogP contribution in [0.2, 0.25) is 0 Å². The number of benzene rings is 1. The maximum Gasteiger partial charge on any atom is 0.243 e. The summed E-state index contributed by atoms with van der Waals surface area (Å²) in [7, 11) is -7.76. The van der Waals surface area contributed by atoms with Crippen LogP contribution in [0.4, 0.5) is 0 Å². The predicted octanol–water partition coefficient (Wildman–Crippen LogP) is 3.42. The zero-order valence-corrected chi connectivity index (χ0v) is 19.1. The van der Waals surface area contributed by atoms with Crippen LogP contribution in [0.5, 0.6) is 0 Å². The second-order valence-electron chi connectivity index (χ2n) is 7.05. The van der Waals surface area contributed by atoms with Gasteiger partial charge in [-0.2, -0.15) is 9.57 Å². The minimum atomic E-state index is -3.91. The number of hydrogen-bond acceptors (Lipinski definition) is 7. The van der Waals surface area contributed by atoms with Crippen molar-refractivity contribution in [3.8, 4) is 6.07 Å². The second kappa shape index (κ2) is 9.58. The van der Waals surface area contributed by atoms with Gasteiger partial charge in [0.25, 0.3) is 0 Å². The number of nitrogens with zero attached hydrogens (tertiary/aromatic N) is 2. The number of thiophene rings is 1. The maximum absolute atomic E-state index is 13.2. The maximum atomic E-state index is 13.2. The molecule has 0 saturated carbocycles. The van der Waals surface area contributed by atoms with E-state index in [9.17, 15) is 16.8 Å². The first-order valence-electron chi connectivity index (χ1n) is 9.75. The molecule has 0 aliphatic carbocycles. The Morgan fingerprint density at radius 2 is 1.97 bits per heavy atom. The van der Waals surface area contributed by atoms with Crippen molar-refractivity contribution < 1.29 is 21.6 Å². The molecule has 162 valence electrons. The summed E-state index contributed by atoms with van der Waals surface area (Å²) in [5.74, 6) is 0. The molecule has 1 aliphatic heterocycles. The van der Waals surface area contributed by atoms with E-state index in [0.717, 1.165) is 37.0 Å². The summed E-state index contributed by atoms with van der Waals surface area (Å²) in [6.07, 6.45) is 3.39. The van der Waals surface area contributed by atoms with Crippen LogP contribution < -0.4 is 0 Å². The number of unbranched alkanes of at least 4 members (excludes halogenated alkanes) is 1. The molecule has 0 N–H and O–H groups in total. The smallest absolute Gasteiger partial charge is 0.243 e. The molecule has 10 heteroatoms. The van der Waals surface area contributed by atoms with Crippen LogP contribution in [-0.2, 0) is 24.6 Å². The molecule has 0 unspecified atom stereocenters. The summed E-state index contributed by atoms with van der Waals surface area (Å²) >= 11 is 0.861. The number of nitriles is 1. The van der Waals surface area contributed by atoms with Gasteiger partial charge in [-0.3, -0.25) is 0 Å². The normalized spacial score (nSPS) is 17.8. The fourth-order valence-corrected chi connectivity index (χ4v) is 7.69. The SMILES string of the molecule is CCCCOC[C@@H]1CCCN1S(=O)(=O)c1cccc(S(=O)(=O)c2ccc(C#N)s2)c1. The van der Waals surface area contributed by atoms with Crippen molar-refractivity contribution in [2.24, 2.45) is 0 Å². The van der Waals surface area contributed by atoms with Crippen molar-refractivity contribution in [3.05, 3.63) is 41.3 Å². The third kappa shape index (κ3) is 4.76. The molecule has 1 aromatic carbocycles. The molecule has 1 aliphatic rings. The molecule has 0 radical (unpaired) electrons. The van der Waals surface area contributed by atoms with Crippen LogP contribution in [0, 0.1) is 11.3 Å². The Hall–Kier alpha value is -1.77. The van der Waals surface area contributed by atoms with Crippen LogP contribution >= 0.6 is 11.3 Å². The minimum Gasteiger partial charge on any atom is -0.380 e. The topological polar surface area (TPSA) is 105 Å². The summed E-state index contributed by atoms with van der Waals surface area (Å²) in [4.78, 5) is 0.117. The van der Waals surface area contributed by atoms with E-state index in [2.05, 4.69) is 6.92 Å². The largest absolute Gasteiger partial charge is 0.380 e. The van der Waals surface area contributed by atoms with E-state index in [-0.39, 0.29) is 24.9 Å². The highest BCUT2D eigenvalue weighted by Gasteiger charge is 2.36. The van der Waals surface area contributed by atoms with Gasteiger partial charge in [-0.1, -0.05) is 19.4 Å². The first-order valence-corrected chi connectivity index (χ1v) is 13.5. The highest BCUT2D eigenvalue weighted by molar-refractivity contribution is 7.93. The predicted molar refractivity (Wildman–Crippen MR) is 114 cm³/mol. The summed E-state index contributed by atoms with van der Waals surface area (Å²) in [6, 6.07) is 9.88. The first kappa shape index (κ1) is 22.9. The van der Waals surface area contributed by atoms with Crippen LogP contribution in [0.25, 0.3) is 0 Å². The Morgan fingerprint density at radius 1 is 1.20 bits per heavy atom. The second-order valence-corrected chi connectivity index (χ2v) is 12.2. The van der Waals surface area contributed by atoms with Gasteiger partial charge in [0.1, 0.15) is 15.2 Å². The van der Waals surface area contributed by atoms with Crippen LogP contribution in [0.15, 0.2) is 50.4 Å². The molecule has 1 aromatic heterocycles. The van der Waals surface area contributed by atoms with Gasteiger partial charge in [0.05, 0.1) is 16.4 Å². The zero-order chi connectivity index (χ0) is 21.8. The molecule has 2 heterocycles. The average molecular weight is 469 g/mol. The Labute approximate surface area is 181 Å². The van der Waals surface area contributed by atoms with Gasteiger partial charge in [0.15, 0.2) is 0 Å². The molecule has 3 rings (SSSR count). The van der Waals surface area contributed by atoms with Crippen molar-refractivity contribution in [2.45, 2.75) is 52.6 Å². The average Bonchev–Trinajstić information content (AvgIpc) is 3.41. The van der Waals surface area contributed by atoms with Gasteiger partial charge in [0.2, 0.25) is 19.9 Å². The van der Waals surface area contributed by atoms with E-state index in [1.165, 1.54) is 40.7 Å². The molecule has 2 aromatic rings. The highest BCUT2D eigenvalue weighted by Crippen LogP contribution is 2.31. The lowest BCUT2D eigenvalue weighted by atomic mass is 10.2. The van der Waals surface area contributed by atoms with Gasteiger partial charge in [0, 0.05) is 19.2 Å². The zero-order valence-electron chi connectivity index (χ0n) is 16.7. The molecule has 30 heavy (non-hydrogen) atoms. The standard InChI is InChI=1S/C20H24N2O5S3/c1-2-3-12-27-15-16-6-5-11-22(16)30(25,26)19-8-4-7-18(13-19)29(23,24)20-10-9-17(14-21)28-20/h4,7-10,13,16H,2-3,5-6,11-12,15H2,1H3/t16-/m0/s1. The lowest BCUT2D eigenvalue weighted by Crippen LogP contribution is -2.38. The summed E-state index contributed by atoms with van der Waals surface area (Å²) in [5, 5.41) is 8.95. The van der Waals surface area contributed by atoms with Crippen molar-refractivity contribution in [1.82, 2.24) is 4.31 Å². The molecule has 1 atom stereocenters. The van der Waals surface area contributed by atoms with Crippen molar-refractivity contribution in [3.63, 3.8) is 0 Å². The lowest BCUT2D eigenvalue weighted by Gasteiger charge is -2.24. The molecule has 1 saturated heterocycles. The van der Waals surface area contributed by atoms with Gasteiger partial charge >= 0.3 is 0 Å². The monoisotopic (exact) mass is 468 g/mol. The third-order valence-corrected chi connectivity index (χ3v) is 10.1. The quantitative estimate of drug-likeness (QED) is 0.522. The van der Waals surface area contributed by atoms with Gasteiger partial charge in [-0.15, -0.1) is 11.3 Å². The Bertz CT molecular complexity index is 1130. The van der Waals surface area contributed by atoms with Crippen LogP contribution in [0.1, 0.15) is 37.5 Å². The lowest BCUT2D eigenvalue weighted by molar-refractivity contribution is 0.0969. The van der Waals surface area contributed by atoms with Gasteiger partial charge in [-0.25, -0.2) is 16.8 Å². The van der Waals surface area contributed by atoms with Crippen molar-refractivity contribution in [1.29, 1.82) is 5.26 Å². The number of sulfonamides is 1. The van der Waals surface area contributed by atoms with Crippen molar-refractivity contribution >= 4 is 31.2 Å². The van der Waals surface area contributed by atoms with E-state index < -0.39 is 19.9 Å². The third-order valence-electron chi connectivity index (χ3n) is 4.95. The van der Waals surface area contributed by atoms with Gasteiger partial charge in [-0.05, 0) is 49.6 Å². The fraction of sp³-hybridized carbons (Fsp3) is 0.450. The summed E-state index contributed by atoms with van der Waals surface area (Å²) in [6.45, 7) is 3.38. The van der Waals surface area contributed by atoms with E-state index in [1.54, 1.807) is 0 Å². The number of rotatable bonds is 9. The van der Waals surface area contributed by atoms with E-state index >= 15 is 0 Å². The van der Waals surface area contributed by atoms with E-state index in [4.69, 9.17) is 10.00 Å². The van der Waals surface area contributed by atoms with Crippen LogP contribution in [-0.4, -0.2) is 46.9 Å². The summed E-state index contributed by atoms with van der Waals surface area (Å²) in [5.41, 5.74) is 0. The fourth-order valence-electron chi connectivity index (χ4n) is 3.34. The number of sulfone groups is 1. The number of ether oxygens (including phenoxy) is 1. The molecule has 1 fully saturated rings. The molecular weight excluding hydrogens is 444 g/mol. The number of hydrogen-bond donors (Lipinski definition) is 0. The Kier molecular flexibility index (Phi) is 7.31.